The van der Waals surface area contributed by atoms with Gasteiger partial charge in [-0.3, -0.25) is 24.2 Å². The summed E-state index contributed by atoms with van der Waals surface area (Å²) in [5.41, 5.74) is 1.65. The van der Waals surface area contributed by atoms with Crippen LogP contribution >= 0.6 is 0 Å². The van der Waals surface area contributed by atoms with Crippen molar-refractivity contribution in [1.29, 1.82) is 0 Å². The maximum atomic E-state index is 13.9. The number of carbonyl (C=O) groups excluding carboxylic acids is 5. The molecule has 1 heterocycles. The Hall–Kier alpha value is -4.47. The zero-order valence-electron chi connectivity index (χ0n) is 24.0. The summed E-state index contributed by atoms with van der Waals surface area (Å²) < 4.78 is 10.3. The lowest BCUT2D eigenvalue weighted by atomic mass is 9.97. The molecule has 0 bridgehead atoms. The van der Waals surface area contributed by atoms with E-state index in [4.69, 9.17) is 9.47 Å². The van der Waals surface area contributed by atoms with Gasteiger partial charge in [-0.25, -0.2) is 9.59 Å². The van der Waals surface area contributed by atoms with Crippen molar-refractivity contribution < 1.29 is 33.4 Å². The maximum Gasteiger partial charge on any atom is 0.414 e. The molecule has 1 N–H and O–H groups in total. The molecular weight excluding hydrogens is 526 g/mol. The highest BCUT2D eigenvalue weighted by molar-refractivity contribution is 6.36. The van der Waals surface area contributed by atoms with Crippen LogP contribution in [-0.4, -0.2) is 70.8 Å². The molecule has 3 rings (SSSR count). The van der Waals surface area contributed by atoms with Gasteiger partial charge in [-0.1, -0.05) is 74.5 Å². The maximum absolute atomic E-state index is 13.9. The minimum atomic E-state index is -1.21. The highest BCUT2D eigenvalue weighted by Gasteiger charge is 2.42. The molecule has 0 saturated carbocycles. The fraction of sp³-hybridized carbons (Fsp3) is 0.387. The van der Waals surface area contributed by atoms with Gasteiger partial charge in [0.1, 0.15) is 18.6 Å². The topological polar surface area (TPSA) is 122 Å². The highest BCUT2D eigenvalue weighted by atomic mass is 16.6. The number of hydrogen-bond acceptors (Lipinski definition) is 7. The first kappa shape index (κ1) is 31.1. The van der Waals surface area contributed by atoms with Gasteiger partial charge in [0.25, 0.3) is 11.7 Å². The van der Waals surface area contributed by atoms with Gasteiger partial charge in [0.05, 0.1) is 18.4 Å². The second-order valence-electron chi connectivity index (χ2n) is 10.2. The lowest BCUT2D eigenvalue weighted by molar-refractivity contribution is -0.157. The van der Waals surface area contributed by atoms with Crippen LogP contribution in [0, 0.1) is 5.92 Å². The quantitative estimate of drug-likeness (QED) is 0.328. The molecule has 10 nitrogen and oxygen atoms in total. The summed E-state index contributed by atoms with van der Waals surface area (Å²) in [5.74, 6) is -3.38. The van der Waals surface area contributed by atoms with E-state index in [0.717, 1.165) is 5.56 Å². The van der Waals surface area contributed by atoms with E-state index in [1.807, 2.05) is 12.1 Å². The van der Waals surface area contributed by atoms with Crippen molar-refractivity contribution in [3.05, 3.63) is 78.0 Å². The number of esters is 1. The van der Waals surface area contributed by atoms with Crippen molar-refractivity contribution in [1.82, 2.24) is 15.1 Å². The van der Waals surface area contributed by atoms with Crippen LogP contribution in [0.25, 0.3) is 5.70 Å². The molecule has 2 atom stereocenters. The second kappa shape index (κ2) is 14.2. The van der Waals surface area contributed by atoms with Crippen LogP contribution in [0.3, 0.4) is 0 Å². The van der Waals surface area contributed by atoms with E-state index >= 15 is 0 Å². The first-order valence-electron chi connectivity index (χ1n) is 13.6. The zero-order chi connectivity index (χ0) is 30.1. The molecule has 0 fully saturated rings. The molecule has 2 aromatic rings. The van der Waals surface area contributed by atoms with Crippen molar-refractivity contribution in [3.8, 4) is 0 Å². The third-order valence-corrected chi connectivity index (χ3v) is 6.33. The third kappa shape index (κ3) is 8.03. The summed E-state index contributed by atoms with van der Waals surface area (Å²) in [6.45, 7) is 8.20. The van der Waals surface area contributed by atoms with E-state index in [0.29, 0.717) is 11.3 Å². The molecule has 3 amide bonds. The van der Waals surface area contributed by atoms with Gasteiger partial charge >= 0.3 is 12.1 Å². The second-order valence-corrected chi connectivity index (χ2v) is 10.2. The first-order chi connectivity index (χ1) is 19.5. The minimum Gasteiger partial charge on any atom is -0.457 e. The Balaban J connectivity index is 1.94. The fourth-order valence-electron chi connectivity index (χ4n) is 4.51. The van der Waals surface area contributed by atoms with Crippen molar-refractivity contribution in [2.45, 2.75) is 59.2 Å². The Bertz CT molecular complexity index is 1280. The van der Waals surface area contributed by atoms with Crippen molar-refractivity contribution in [2.75, 3.05) is 13.2 Å². The summed E-state index contributed by atoms with van der Waals surface area (Å²) in [6, 6.07) is 15.7. The number of nitrogens with one attached hydrogen (secondary N) is 1. The Morgan fingerprint density at radius 3 is 2.10 bits per heavy atom. The number of hydrogen-bond donors (Lipinski definition) is 1. The number of nitrogens with zero attached hydrogens (tertiary/aromatic N) is 2. The molecule has 0 aliphatic carbocycles. The van der Waals surface area contributed by atoms with Crippen molar-refractivity contribution in [2.24, 2.45) is 5.92 Å². The molecule has 1 unspecified atom stereocenters. The van der Waals surface area contributed by atoms with Gasteiger partial charge in [-0.05, 0) is 37.8 Å². The predicted molar refractivity (Wildman–Crippen MR) is 152 cm³/mol. The lowest BCUT2D eigenvalue weighted by Crippen LogP contribution is -2.57. The standard InChI is InChI=1S/C31H37N3O7/c1-6-40-31(39)34-18-25(23-15-11-8-12-16-23)33(29(37)27(34)20(2)3)19-26(35)32-24(17-22-13-9-7-10-14-22)28(36)30(38)41-21(4)5/h7-16,18,20-21,24,27H,6,17,19H2,1-5H3,(H,32,35)/t24-,27?/m0/s1. The molecular formula is C31H37N3O7. The van der Waals surface area contributed by atoms with Crippen molar-refractivity contribution in [3.63, 3.8) is 0 Å². The molecule has 0 saturated heterocycles. The molecule has 41 heavy (non-hydrogen) atoms. The molecule has 10 heteroatoms. The van der Waals surface area contributed by atoms with Crippen LogP contribution in [0.1, 0.15) is 45.7 Å². The monoisotopic (exact) mass is 563 g/mol. The first-order valence-corrected chi connectivity index (χ1v) is 13.6. The molecule has 218 valence electrons. The van der Waals surface area contributed by atoms with Gasteiger partial charge in [-0.15, -0.1) is 0 Å². The van der Waals surface area contributed by atoms with E-state index in [2.05, 4.69) is 5.32 Å². The number of ether oxygens (including phenoxy) is 2. The number of Topliss-reactive ketones (excluding diaryl/α,β-unsaturated/α-hetero) is 1. The van der Waals surface area contributed by atoms with Crippen LogP contribution in [0.5, 0.6) is 0 Å². The molecule has 1 aliphatic heterocycles. The van der Waals surface area contributed by atoms with Crippen LogP contribution in [0.4, 0.5) is 4.79 Å². The van der Waals surface area contributed by atoms with Gasteiger partial charge in [-0.2, -0.15) is 0 Å². The molecule has 0 spiro atoms. The summed E-state index contributed by atoms with van der Waals surface area (Å²) in [5, 5.41) is 2.64. The fourth-order valence-corrected chi connectivity index (χ4v) is 4.51. The van der Waals surface area contributed by atoms with Crippen LogP contribution in [0.2, 0.25) is 0 Å². The average Bonchev–Trinajstić information content (AvgIpc) is 2.93. The Labute approximate surface area is 240 Å². The van der Waals surface area contributed by atoms with E-state index in [1.165, 1.54) is 16.0 Å². The summed E-state index contributed by atoms with van der Waals surface area (Å²) in [4.78, 5) is 68.2. The predicted octanol–water partition coefficient (Wildman–Crippen LogP) is 3.56. The number of rotatable bonds is 11. The van der Waals surface area contributed by atoms with Crippen molar-refractivity contribution >= 4 is 35.4 Å². The lowest BCUT2D eigenvalue weighted by Gasteiger charge is -2.40. The van der Waals surface area contributed by atoms with Gasteiger partial charge < -0.3 is 14.8 Å². The van der Waals surface area contributed by atoms with Crippen LogP contribution in [0.15, 0.2) is 66.9 Å². The average molecular weight is 564 g/mol. The Morgan fingerprint density at radius 2 is 1.54 bits per heavy atom. The van der Waals surface area contributed by atoms with Crippen LogP contribution < -0.4 is 5.32 Å². The number of carbonyl (C=O) groups is 5. The SMILES string of the molecule is CCOC(=O)N1C=C(c2ccccc2)N(CC(=O)N[C@@H](Cc2ccccc2)C(=O)C(=O)OC(C)C)C(=O)C1C(C)C. The smallest absolute Gasteiger partial charge is 0.414 e. The highest BCUT2D eigenvalue weighted by Crippen LogP contribution is 2.30. The van der Waals surface area contributed by atoms with Gasteiger partial charge in [0, 0.05) is 12.6 Å². The summed E-state index contributed by atoms with van der Waals surface area (Å²) in [7, 11) is 0. The third-order valence-electron chi connectivity index (χ3n) is 6.33. The molecule has 1 aliphatic rings. The van der Waals surface area contributed by atoms with E-state index in [-0.39, 0.29) is 18.9 Å². The van der Waals surface area contributed by atoms with E-state index in [1.54, 1.807) is 83.1 Å². The zero-order valence-corrected chi connectivity index (χ0v) is 24.0. The molecule has 0 aromatic heterocycles. The van der Waals surface area contributed by atoms with Gasteiger partial charge in [0.15, 0.2) is 0 Å². The number of amides is 3. The Kier molecular flexibility index (Phi) is 10.8. The normalized spacial score (nSPS) is 15.8. The summed E-state index contributed by atoms with van der Waals surface area (Å²) in [6.07, 6.45) is 0.381. The largest absolute Gasteiger partial charge is 0.457 e. The Morgan fingerprint density at radius 1 is 0.927 bits per heavy atom. The minimum absolute atomic E-state index is 0.0548. The molecule has 0 radical (unpaired) electrons. The van der Waals surface area contributed by atoms with Crippen LogP contribution in [-0.2, 0) is 35.1 Å². The van der Waals surface area contributed by atoms with Gasteiger partial charge in [0.2, 0.25) is 5.91 Å². The number of ketones is 1. The number of benzene rings is 2. The van der Waals surface area contributed by atoms with E-state index in [9.17, 15) is 24.0 Å². The van der Waals surface area contributed by atoms with E-state index < -0.39 is 54.4 Å². The molecule has 2 aromatic carbocycles. The summed E-state index contributed by atoms with van der Waals surface area (Å²) >= 11 is 0.